The molecule has 0 bridgehead atoms. The zero-order chi connectivity index (χ0) is 22.9. The number of anilines is 1. The molecule has 1 fully saturated rings. The van der Waals surface area contributed by atoms with Crippen LogP contribution in [-0.2, 0) is 6.54 Å². The highest BCUT2D eigenvalue weighted by atomic mass is 16.1. The minimum Gasteiger partial charge on any atom is -0.344 e. The van der Waals surface area contributed by atoms with E-state index in [0.717, 1.165) is 61.0 Å². The number of aromatic amines is 1. The number of H-pyrrole nitrogens is 1. The molecular formula is C25H27N9O. The number of piperazine rings is 1. The number of benzene rings is 2. The molecular weight excluding hydrogens is 442 g/mol. The number of hydrogen-bond acceptors (Lipinski definition) is 7. The van der Waals surface area contributed by atoms with Crippen LogP contribution in [-0.4, -0.2) is 61.3 Å². The van der Waals surface area contributed by atoms with Gasteiger partial charge < -0.3 is 21.8 Å². The van der Waals surface area contributed by atoms with Crippen molar-refractivity contribution >= 4 is 28.4 Å². The van der Waals surface area contributed by atoms with E-state index in [2.05, 4.69) is 39.9 Å². The third-order valence-electron chi connectivity index (χ3n) is 6.12. The zero-order valence-corrected chi connectivity index (χ0v) is 19.2. The van der Waals surface area contributed by atoms with E-state index in [0.29, 0.717) is 11.2 Å². The van der Waals surface area contributed by atoms with Gasteiger partial charge >= 0.3 is 0 Å². The molecule has 4 heterocycles. The summed E-state index contributed by atoms with van der Waals surface area (Å²) in [5, 5.41) is 6.39. The number of carbonyl (C=O) groups is 1. The average molecular weight is 470 g/mol. The van der Waals surface area contributed by atoms with E-state index in [-0.39, 0.29) is 17.8 Å². The van der Waals surface area contributed by atoms with E-state index in [4.69, 9.17) is 0 Å². The van der Waals surface area contributed by atoms with Crippen LogP contribution >= 0.6 is 0 Å². The monoisotopic (exact) mass is 469 g/mol. The lowest BCUT2D eigenvalue weighted by Gasteiger charge is -2.26. The van der Waals surface area contributed by atoms with E-state index < -0.39 is 0 Å². The van der Waals surface area contributed by atoms with Crippen molar-refractivity contribution in [2.45, 2.75) is 6.54 Å². The van der Waals surface area contributed by atoms with Crippen molar-refractivity contribution in [3.8, 4) is 11.3 Å². The van der Waals surface area contributed by atoms with Crippen LogP contribution in [0.25, 0.3) is 28.1 Å². The topological polar surface area (TPSA) is 138 Å². The van der Waals surface area contributed by atoms with Crippen LogP contribution in [0.4, 0.5) is 5.69 Å². The predicted octanol–water partition coefficient (Wildman–Crippen LogP) is 3.09. The van der Waals surface area contributed by atoms with Crippen molar-refractivity contribution in [3.05, 3.63) is 78.5 Å². The molecule has 10 heteroatoms. The fourth-order valence-corrected chi connectivity index (χ4v) is 4.35. The second-order valence-corrected chi connectivity index (χ2v) is 8.38. The van der Waals surface area contributed by atoms with Crippen molar-refractivity contribution in [3.63, 3.8) is 0 Å². The van der Waals surface area contributed by atoms with E-state index in [1.807, 2.05) is 60.9 Å². The van der Waals surface area contributed by atoms with Crippen LogP contribution in [0.15, 0.2) is 67.1 Å². The van der Waals surface area contributed by atoms with Crippen molar-refractivity contribution in [2.24, 2.45) is 0 Å². The fourth-order valence-electron chi connectivity index (χ4n) is 4.35. The molecule has 178 valence electrons. The third kappa shape index (κ3) is 4.50. The summed E-state index contributed by atoms with van der Waals surface area (Å²) in [6.45, 7) is 4.91. The minimum atomic E-state index is -0.304. The number of imidazole rings is 2. The Bertz CT molecular complexity index is 1480. The summed E-state index contributed by atoms with van der Waals surface area (Å²) >= 11 is 0. The molecule has 5 aromatic rings. The molecule has 0 atom stereocenters. The molecule has 1 aliphatic rings. The first kappa shape index (κ1) is 22.7. The number of carbonyl (C=O) groups excluding carboxylic acids is 1. The Morgan fingerprint density at radius 1 is 0.971 bits per heavy atom. The number of fused-ring (bicyclic) bond motifs is 2. The molecule has 0 aliphatic carbocycles. The standard InChI is InChI=1S/C25H24N8O.H3N/c34-24(22-14-27-20-7-3-4-8-21(20)29-22)30-19-6-2-1-5-18(19)23-16-33-17(13-28-25(33)31-23)15-32-11-9-26-10-12-32;/h1-8,13-14,16,26H,9-12,15H2,(H,28,31)(H,30,34);1H3. The molecule has 6 rings (SSSR count). The van der Waals surface area contributed by atoms with Crippen molar-refractivity contribution in [1.82, 2.24) is 40.7 Å². The number of aromatic nitrogens is 5. The van der Waals surface area contributed by atoms with E-state index in [1.165, 1.54) is 6.20 Å². The van der Waals surface area contributed by atoms with Gasteiger partial charge in [0.25, 0.3) is 5.91 Å². The third-order valence-corrected chi connectivity index (χ3v) is 6.12. The molecule has 0 saturated carbocycles. The summed E-state index contributed by atoms with van der Waals surface area (Å²) in [5.74, 6) is 0.475. The number of nitrogens with zero attached hydrogens (tertiary/aromatic N) is 5. The van der Waals surface area contributed by atoms with Gasteiger partial charge in [-0.1, -0.05) is 30.3 Å². The highest BCUT2D eigenvalue weighted by molar-refractivity contribution is 6.05. The maximum Gasteiger partial charge on any atom is 0.275 e. The smallest absolute Gasteiger partial charge is 0.275 e. The Morgan fingerprint density at radius 3 is 2.60 bits per heavy atom. The van der Waals surface area contributed by atoms with Crippen molar-refractivity contribution in [1.29, 1.82) is 0 Å². The predicted molar refractivity (Wildman–Crippen MR) is 136 cm³/mol. The molecule has 6 N–H and O–H groups in total. The summed E-state index contributed by atoms with van der Waals surface area (Å²) in [7, 11) is 0. The maximum absolute atomic E-state index is 13.0. The first-order chi connectivity index (χ1) is 16.7. The first-order valence-electron chi connectivity index (χ1n) is 11.4. The number of hydrogen-bond donors (Lipinski definition) is 4. The summed E-state index contributed by atoms with van der Waals surface area (Å²) < 4.78 is 2.09. The van der Waals surface area contributed by atoms with Crippen LogP contribution in [0.3, 0.4) is 0 Å². The molecule has 3 aromatic heterocycles. The first-order valence-corrected chi connectivity index (χ1v) is 11.4. The Kier molecular flexibility index (Phi) is 6.23. The minimum absolute atomic E-state index is 0. The van der Waals surface area contributed by atoms with E-state index in [9.17, 15) is 4.79 Å². The summed E-state index contributed by atoms with van der Waals surface area (Å²) in [6, 6.07) is 15.2. The summed E-state index contributed by atoms with van der Waals surface area (Å²) in [5.41, 5.74) is 5.29. The largest absolute Gasteiger partial charge is 0.344 e. The molecule has 1 saturated heterocycles. The molecule has 10 nitrogen and oxygen atoms in total. The second-order valence-electron chi connectivity index (χ2n) is 8.38. The van der Waals surface area contributed by atoms with Gasteiger partial charge in [0.2, 0.25) is 5.78 Å². The van der Waals surface area contributed by atoms with Gasteiger partial charge in [-0.3, -0.25) is 19.1 Å². The lowest BCUT2D eigenvalue weighted by atomic mass is 10.1. The van der Waals surface area contributed by atoms with Gasteiger partial charge in [-0.2, -0.15) is 0 Å². The Hall–Kier alpha value is -4.12. The number of nitrogens with one attached hydrogen (secondary N) is 3. The van der Waals surface area contributed by atoms with Gasteiger partial charge in [0.1, 0.15) is 5.69 Å². The number of rotatable bonds is 5. The fraction of sp³-hybridized carbons (Fsp3) is 0.200. The number of para-hydroxylation sites is 3. The number of amides is 1. The van der Waals surface area contributed by atoms with Crippen molar-refractivity contribution < 1.29 is 4.79 Å². The van der Waals surface area contributed by atoms with Crippen LogP contribution < -0.4 is 16.8 Å². The summed E-state index contributed by atoms with van der Waals surface area (Å²) in [4.78, 5) is 32.2. The van der Waals surface area contributed by atoms with Gasteiger partial charge in [0.15, 0.2) is 0 Å². The van der Waals surface area contributed by atoms with Crippen molar-refractivity contribution in [2.75, 3.05) is 31.5 Å². The van der Waals surface area contributed by atoms with Crippen LogP contribution in [0.5, 0.6) is 0 Å². The molecule has 35 heavy (non-hydrogen) atoms. The SMILES string of the molecule is N.O=C(Nc1ccccc1-c1cn2c(CN3CCNCC3)cnc2[nH]1)c1cnc2ccccc2n1. The van der Waals surface area contributed by atoms with E-state index in [1.54, 1.807) is 0 Å². The van der Waals surface area contributed by atoms with Gasteiger partial charge in [0, 0.05) is 44.5 Å². The second kappa shape index (κ2) is 9.63. The molecule has 1 amide bonds. The Labute approximate surface area is 202 Å². The average Bonchev–Trinajstić information content (AvgIpc) is 3.46. The highest BCUT2D eigenvalue weighted by Gasteiger charge is 2.17. The van der Waals surface area contributed by atoms with Gasteiger partial charge in [-0.15, -0.1) is 0 Å². The normalized spacial score (nSPS) is 14.2. The quantitative estimate of drug-likeness (QED) is 0.310. The Balaban J connectivity index is 0.00000253. The van der Waals surface area contributed by atoms with Gasteiger partial charge in [-0.25, -0.2) is 9.97 Å². The lowest BCUT2D eigenvalue weighted by molar-refractivity contribution is 0.102. The van der Waals surface area contributed by atoms with Gasteiger partial charge in [0.05, 0.1) is 40.5 Å². The summed E-state index contributed by atoms with van der Waals surface area (Å²) in [6.07, 6.45) is 5.47. The molecule has 1 aliphatic heterocycles. The van der Waals surface area contributed by atoms with Crippen LogP contribution in [0.2, 0.25) is 0 Å². The van der Waals surface area contributed by atoms with Gasteiger partial charge in [-0.05, 0) is 18.2 Å². The highest BCUT2D eigenvalue weighted by Crippen LogP contribution is 2.28. The van der Waals surface area contributed by atoms with Crippen LogP contribution in [0, 0.1) is 0 Å². The molecule has 0 spiro atoms. The molecule has 2 aromatic carbocycles. The zero-order valence-electron chi connectivity index (χ0n) is 19.2. The maximum atomic E-state index is 13.0. The molecule has 0 unspecified atom stereocenters. The Morgan fingerprint density at radius 2 is 1.74 bits per heavy atom. The molecule has 0 radical (unpaired) electrons. The van der Waals surface area contributed by atoms with Crippen LogP contribution in [0.1, 0.15) is 16.2 Å². The van der Waals surface area contributed by atoms with E-state index >= 15 is 0 Å². The lowest BCUT2D eigenvalue weighted by Crippen LogP contribution is -2.43.